The fourth-order valence-corrected chi connectivity index (χ4v) is 1.32. The molecule has 1 heterocycles. The number of nitrogens with two attached hydrogens (primary N) is 2. The minimum absolute atomic E-state index is 0.658. The highest BCUT2D eigenvalue weighted by molar-refractivity contribution is 5.76. The Morgan fingerprint density at radius 3 is 2.62 bits per heavy atom. The van der Waals surface area contributed by atoms with Gasteiger partial charge in [0.25, 0.3) is 0 Å². The summed E-state index contributed by atoms with van der Waals surface area (Å²) in [6.07, 6.45) is 6.98. The van der Waals surface area contributed by atoms with Gasteiger partial charge in [0, 0.05) is 17.6 Å². The molecule has 0 atom stereocenters. The fraction of sp³-hybridized carbons (Fsp3) is 0. The summed E-state index contributed by atoms with van der Waals surface area (Å²) >= 11 is 0. The van der Waals surface area contributed by atoms with E-state index >= 15 is 0 Å². The Morgan fingerprint density at radius 2 is 1.94 bits per heavy atom. The summed E-state index contributed by atoms with van der Waals surface area (Å²) in [4.78, 5) is 7.92. The van der Waals surface area contributed by atoms with Crippen LogP contribution in [0.5, 0.6) is 0 Å². The van der Waals surface area contributed by atoms with Gasteiger partial charge < -0.3 is 11.5 Å². The van der Waals surface area contributed by atoms with E-state index in [2.05, 4.69) is 9.97 Å². The zero-order valence-corrected chi connectivity index (χ0v) is 8.67. The second-order valence-corrected chi connectivity index (χ2v) is 3.36. The van der Waals surface area contributed by atoms with Gasteiger partial charge in [0.05, 0.1) is 5.69 Å². The second-order valence-electron chi connectivity index (χ2n) is 3.36. The molecule has 2 rings (SSSR count). The standard InChI is InChI=1S/C12H12N4/c13-10-3-1-9(12(14)7-10)2-4-11-5-6-15-8-16-11/h1-8H,13-14H2/b4-2+. The van der Waals surface area contributed by atoms with Crippen molar-refractivity contribution in [3.05, 3.63) is 48.0 Å². The zero-order chi connectivity index (χ0) is 11.4. The molecular weight excluding hydrogens is 200 g/mol. The molecule has 0 spiro atoms. The van der Waals surface area contributed by atoms with Crippen LogP contribution in [-0.4, -0.2) is 9.97 Å². The summed E-state index contributed by atoms with van der Waals surface area (Å²) < 4.78 is 0. The van der Waals surface area contributed by atoms with Gasteiger partial charge in [0.15, 0.2) is 0 Å². The first-order chi connectivity index (χ1) is 7.75. The Hall–Kier alpha value is -2.36. The molecular formula is C12H12N4. The molecule has 1 aromatic carbocycles. The molecule has 0 aliphatic heterocycles. The van der Waals surface area contributed by atoms with Gasteiger partial charge >= 0.3 is 0 Å². The molecule has 80 valence electrons. The molecule has 0 aliphatic rings. The van der Waals surface area contributed by atoms with Crippen LogP contribution >= 0.6 is 0 Å². The summed E-state index contributed by atoms with van der Waals surface area (Å²) in [5.74, 6) is 0. The van der Waals surface area contributed by atoms with E-state index in [1.807, 2.05) is 30.4 Å². The molecule has 0 unspecified atom stereocenters. The summed E-state index contributed by atoms with van der Waals surface area (Å²) in [6, 6.07) is 7.25. The molecule has 2 aromatic rings. The normalized spacial score (nSPS) is 10.8. The van der Waals surface area contributed by atoms with Gasteiger partial charge in [-0.3, -0.25) is 0 Å². The lowest BCUT2D eigenvalue weighted by Crippen LogP contribution is -1.92. The fourth-order valence-electron chi connectivity index (χ4n) is 1.32. The highest BCUT2D eigenvalue weighted by atomic mass is 14.8. The van der Waals surface area contributed by atoms with Crippen LogP contribution in [0.1, 0.15) is 11.3 Å². The van der Waals surface area contributed by atoms with Gasteiger partial charge in [-0.25, -0.2) is 9.97 Å². The van der Waals surface area contributed by atoms with E-state index in [9.17, 15) is 0 Å². The van der Waals surface area contributed by atoms with Crippen molar-refractivity contribution < 1.29 is 0 Å². The van der Waals surface area contributed by atoms with Gasteiger partial charge in [-0.15, -0.1) is 0 Å². The van der Waals surface area contributed by atoms with E-state index in [1.54, 1.807) is 12.3 Å². The van der Waals surface area contributed by atoms with Crippen molar-refractivity contribution in [2.45, 2.75) is 0 Å². The molecule has 0 bridgehead atoms. The Labute approximate surface area is 93.6 Å². The zero-order valence-electron chi connectivity index (χ0n) is 8.67. The number of benzene rings is 1. The van der Waals surface area contributed by atoms with Crippen LogP contribution in [0.2, 0.25) is 0 Å². The maximum atomic E-state index is 5.82. The Morgan fingerprint density at radius 1 is 1.06 bits per heavy atom. The quantitative estimate of drug-likeness (QED) is 0.744. The van der Waals surface area contributed by atoms with E-state index in [0.29, 0.717) is 11.4 Å². The van der Waals surface area contributed by atoms with Gasteiger partial charge in [-0.2, -0.15) is 0 Å². The average molecular weight is 212 g/mol. The Bertz CT molecular complexity index is 506. The molecule has 0 saturated heterocycles. The van der Waals surface area contributed by atoms with Gasteiger partial charge in [0.2, 0.25) is 0 Å². The van der Waals surface area contributed by atoms with Crippen molar-refractivity contribution in [1.82, 2.24) is 9.97 Å². The number of aromatic nitrogens is 2. The van der Waals surface area contributed by atoms with Crippen molar-refractivity contribution in [2.75, 3.05) is 11.5 Å². The summed E-state index contributed by atoms with van der Waals surface area (Å²) in [5.41, 5.74) is 14.5. The molecule has 4 heteroatoms. The monoisotopic (exact) mass is 212 g/mol. The minimum atomic E-state index is 0.658. The molecule has 0 fully saturated rings. The van der Waals surface area contributed by atoms with Crippen LogP contribution < -0.4 is 11.5 Å². The van der Waals surface area contributed by atoms with Crippen LogP contribution in [-0.2, 0) is 0 Å². The maximum Gasteiger partial charge on any atom is 0.115 e. The first kappa shape index (κ1) is 10.2. The molecule has 4 N–H and O–H groups in total. The summed E-state index contributed by atoms with van der Waals surface area (Å²) in [5, 5.41) is 0. The Kier molecular flexibility index (Phi) is 2.82. The first-order valence-corrected chi connectivity index (χ1v) is 4.85. The summed E-state index contributed by atoms with van der Waals surface area (Å²) in [6.45, 7) is 0. The number of anilines is 2. The molecule has 16 heavy (non-hydrogen) atoms. The number of hydrogen-bond acceptors (Lipinski definition) is 4. The predicted molar refractivity (Wildman–Crippen MR) is 66.2 cm³/mol. The van der Waals surface area contributed by atoms with E-state index in [0.717, 1.165) is 11.3 Å². The molecule has 0 radical (unpaired) electrons. The lowest BCUT2D eigenvalue weighted by atomic mass is 10.1. The molecule has 0 amide bonds. The topological polar surface area (TPSA) is 77.8 Å². The number of nitrogens with zero attached hydrogens (tertiary/aromatic N) is 2. The summed E-state index contributed by atoms with van der Waals surface area (Å²) in [7, 11) is 0. The van der Waals surface area contributed by atoms with Crippen LogP contribution in [0, 0.1) is 0 Å². The van der Waals surface area contributed by atoms with E-state index in [-0.39, 0.29) is 0 Å². The second kappa shape index (κ2) is 4.44. The lowest BCUT2D eigenvalue weighted by molar-refractivity contribution is 1.15. The van der Waals surface area contributed by atoms with Gasteiger partial charge in [-0.05, 0) is 29.8 Å². The number of nitrogen functional groups attached to an aromatic ring is 2. The molecule has 1 aromatic heterocycles. The Balaban J connectivity index is 2.24. The third kappa shape index (κ3) is 2.36. The van der Waals surface area contributed by atoms with Crippen molar-refractivity contribution in [1.29, 1.82) is 0 Å². The van der Waals surface area contributed by atoms with Crippen molar-refractivity contribution in [3.63, 3.8) is 0 Å². The smallest absolute Gasteiger partial charge is 0.115 e. The van der Waals surface area contributed by atoms with Crippen LogP contribution in [0.25, 0.3) is 12.2 Å². The van der Waals surface area contributed by atoms with E-state index in [4.69, 9.17) is 11.5 Å². The molecule has 0 saturated carbocycles. The largest absolute Gasteiger partial charge is 0.399 e. The minimum Gasteiger partial charge on any atom is -0.399 e. The van der Waals surface area contributed by atoms with Crippen LogP contribution in [0.15, 0.2) is 36.8 Å². The third-order valence-corrected chi connectivity index (χ3v) is 2.15. The van der Waals surface area contributed by atoms with Crippen LogP contribution in [0.3, 0.4) is 0 Å². The highest BCUT2D eigenvalue weighted by Crippen LogP contribution is 2.17. The van der Waals surface area contributed by atoms with E-state index < -0.39 is 0 Å². The number of hydrogen-bond donors (Lipinski definition) is 2. The van der Waals surface area contributed by atoms with Crippen molar-refractivity contribution in [3.8, 4) is 0 Å². The first-order valence-electron chi connectivity index (χ1n) is 4.85. The van der Waals surface area contributed by atoms with Gasteiger partial charge in [-0.1, -0.05) is 12.1 Å². The maximum absolute atomic E-state index is 5.82. The third-order valence-electron chi connectivity index (χ3n) is 2.15. The van der Waals surface area contributed by atoms with Crippen LogP contribution in [0.4, 0.5) is 11.4 Å². The van der Waals surface area contributed by atoms with E-state index in [1.165, 1.54) is 6.33 Å². The highest BCUT2D eigenvalue weighted by Gasteiger charge is 1.95. The average Bonchev–Trinajstić information content (AvgIpc) is 2.29. The number of rotatable bonds is 2. The van der Waals surface area contributed by atoms with Crippen molar-refractivity contribution >= 4 is 23.5 Å². The SMILES string of the molecule is Nc1ccc(/C=C/c2ccncn2)c(N)c1. The molecule has 4 nitrogen and oxygen atoms in total. The lowest BCUT2D eigenvalue weighted by Gasteiger charge is -2.01. The van der Waals surface area contributed by atoms with Crippen molar-refractivity contribution in [2.24, 2.45) is 0 Å². The predicted octanol–water partition coefficient (Wildman–Crippen LogP) is 1.81. The van der Waals surface area contributed by atoms with Gasteiger partial charge in [0.1, 0.15) is 6.33 Å². The molecule has 0 aliphatic carbocycles.